The van der Waals surface area contributed by atoms with E-state index in [1.54, 1.807) is 0 Å². The minimum Gasteiger partial charge on any atom is -0.372 e. The van der Waals surface area contributed by atoms with Gasteiger partial charge in [-0.05, 0) is 20.8 Å². The zero-order valence-corrected chi connectivity index (χ0v) is 6.40. The van der Waals surface area contributed by atoms with Crippen LogP contribution < -0.4 is 5.32 Å². The Morgan fingerprint density at radius 2 is 2.11 bits per heavy atom. The van der Waals surface area contributed by atoms with Gasteiger partial charge in [-0.2, -0.15) is 0 Å². The minimum absolute atomic E-state index is 0.242. The molecule has 1 aliphatic heterocycles. The summed E-state index contributed by atoms with van der Waals surface area (Å²) in [5, 5.41) is 3.36. The molecule has 1 unspecified atom stereocenters. The fourth-order valence-corrected chi connectivity index (χ4v) is 0.606. The van der Waals surface area contributed by atoms with Crippen LogP contribution >= 0.6 is 0 Å². The summed E-state index contributed by atoms with van der Waals surface area (Å²) in [6.45, 7) is 8.44. The summed E-state index contributed by atoms with van der Waals surface area (Å²) in [7, 11) is 0. The molecule has 0 aromatic carbocycles. The summed E-state index contributed by atoms with van der Waals surface area (Å²) in [5.41, 5.74) is 0.242. The van der Waals surface area contributed by atoms with E-state index >= 15 is 0 Å². The number of rotatable bonds is 2. The molecule has 1 fully saturated rings. The highest BCUT2D eigenvalue weighted by atomic mass is 16.6. The normalized spacial score (nSPS) is 26.3. The predicted octanol–water partition coefficient (Wildman–Crippen LogP) is 0.773. The Balaban J connectivity index is 2.03. The molecule has 1 saturated heterocycles. The van der Waals surface area contributed by atoms with Crippen LogP contribution in [-0.2, 0) is 4.74 Å². The van der Waals surface area contributed by atoms with Crippen molar-refractivity contribution in [2.45, 2.75) is 32.4 Å². The molecule has 0 saturated carbocycles. The van der Waals surface area contributed by atoms with Gasteiger partial charge in [0.1, 0.15) is 0 Å². The largest absolute Gasteiger partial charge is 0.372 e. The van der Waals surface area contributed by atoms with Crippen molar-refractivity contribution in [3.63, 3.8) is 0 Å². The Bertz CT molecular complexity index is 91.6. The standard InChI is InChI=1S/C7H15NO/c1-7(2,3)8-4-6-5-9-6/h6,8H,4-5H2,1-3H3. The summed E-state index contributed by atoms with van der Waals surface area (Å²) < 4.78 is 5.04. The summed E-state index contributed by atoms with van der Waals surface area (Å²) in [6.07, 6.45) is 0.504. The Morgan fingerprint density at radius 3 is 2.44 bits per heavy atom. The van der Waals surface area contributed by atoms with Gasteiger partial charge in [-0.25, -0.2) is 0 Å². The number of nitrogens with one attached hydrogen (secondary N) is 1. The molecule has 0 spiro atoms. The predicted molar refractivity (Wildman–Crippen MR) is 37.5 cm³/mol. The van der Waals surface area contributed by atoms with Crippen LogP contribution in [0.3, 0.4) is 0 Å². The molecule has 54 valence electrons. The van der Waals surface area contributed by atoms with Gasteiger partial charge in [0.25, 0.3) is 0 Å². The molecular formula is C7H15NO. The van der Waals surface area contributed by atoms with Gasteiger partial charge >= 0.3 is 0 Å². The van der Waals surface area contributed by atoms with Crippen molar-refractivity contribution in [1.29, 1.82) is 0 Å². The Kier molecular flexibility index (Phi) is 1.78. The molecule has 1 atom stereocenters. The van der Waals surface area contributed by atoms with E-state index in [0.29, 0.717) is 6.10 Å². The molecule has 1 N–H and O–H groups in total. The van der Waals surface area contributed by atoms with Gasteiger partial charge in [0.2, 0.25) is 0 Å². The lowest BCUT2D eigenvalue weighted by atomic mass is 10.1. The Morgan fingerprint density at radius 1 is 1.56 bits per heavy atom. The molecule has 0 aromatic heterocycles. The highest BCUT2D eigenvalue weighted by molar-refractivity contribution is 4.78. The third-order valence-electron chi connectivity index (χ3n) is 1.26. The first-order valence-corrected chi connectivity index (χ1v) is 3.44. The van der Waals surface area contributed by atoms with Gasteiger partial charge in [-0.15, -0.1) is 0 Å². The van der Waals surface area contributed by atoms with Gasteiger partial charge in [-0.3, -0.25) is 0 Å². The van der Waals surface area contributed by atoms with E-state index < -0.39 is 0 Å². The maximum Gasteiger partial charge on any atom is 0.0934 e. The van der Waals surface area contributed by atoms with Crippen molar-refractivity contribution < 1.29 is 4.74 Å². The topological polar surface area (TPSA) is 24.6 Å². The second kappa shape index (κ2) is 2.27. The quantitative estimate of drug-likeness (QED) is 0.557. The summed E-state index contributed by atoms with van der Waals surface area (Å²) in [5.74, 6) is 0. The van der Waals surface area contributed by atoms with Crippen molar-refractivity contribution >= 4 is 0 Å². The first-order chi connectivity index (χ1) is 4.08. The van der Waals surface area contributed by atoms with E-state index in [9.17, 15) is 0 Å². The third-order valence-corrected chi connectivity index (χ3v) is 1.26. The molecule has 0 bridgehead atoms. The van der Waals surface area contributed by atoms with Gasteiger partial charge in [-0.1, -0.05) is 0 Å². The van der Waals surface area contributed by atoms with Gasteiger partial charge in [0, 0.05) is 12.1 Å². The van der Waals surface area contributed by atoms with E-state index in [4.69, 9.17) is 4.74 Å². The molecule has 0 aliphatic carbocycles. The third kappa shape index (κ3) is 3.49. The van der Waals surface area contributed by atoms with E-state index in [0.717, 1.165) is 13.2 Å². The van der Waals surface area contributed by atoms with Crippen molar-refractivity contribution in [2.24, 2.45) is 0 Å². The van der Waals surface area contributed by atoms with Crippen LogP contribution in [-0.4, -0.2) is 24.8 Å². The van der Waals surface area contributed by atoms with Crippen molar-refractivity contribution in [1.82, 2.24) is 5.32 Å². The number of hydrogen-bond donors (Lipinski definition) is 1. The minimum atomic E-state index is 0.242. The summed E-state index contributed by atoms with van der Waals surface area (Å²) in [6, 6.07) is 0. The maximum atomic E-state index is 5.04. The Labute approximate surface area is 56.6 Å². The molecule has 0 aromatic rings. The van der Waals surface area contributed by atoms with Crippen LogP contribution in [0.2, 0.25) is 0 Å². The van der Waals surface area contributed by atoms with Gasteiger partial charge in [0.05, 0.1) is 12.7 Å². The SMILES string of the molecule is CC(C)(C)NCC1CO1. The molecule has 1 aliphatic rings. The van der Waals surface area contributed by atoms with Crippen LogP contribution in [0.15, 0.2) is 0 Å². The summed E-state index contributed by atoms with van der Waals surface area (Å²) in [4.78, 5) is 0. The Hall–Kier alpha value is -0.0800. The number of ether oxygens (including phenoxy) is 1. The fraction of sp³-hybridized carbons (Fsp3) is 1.00. The van der Waals surface area contributed by atoms with Crippen LogP contribution in [0.4, 0.5) is 0 Å². The van der Waals surface area contributed by atoms with Crippen LogP contribution in [0.25, 0.3) is 0 Å². The molecular weight excluding hydrogens is 114 g/mol. The lowest BCUT2D eigenvalue weighted by Crippen LogP contribution is -2.38. The average Bonchev–Trinajstić information content (AvgIpc) is 2.38. The first kappa shape index (κ1) is 7.03. The van der Waals surface area contributed by atoms with E-state index in [2.05, 4.69) is 26.1 Å². The molecule has 9 heavy (non-hydrogen) atoms. The average molecular weight is 129 g/mol. The highest BCUT2D eigenvalue weighted by Crippen LogP contribution is 2.08. The number of hydrogen-bond acceptors (Lipinski definition) is 2. The zero-order valence-electron chi connectivity index (χ0n) is 6.40. The first-order valence-electron chi connectivity index (χ1n) is 3.44. The van der Waals surface area contributed by atoms with E-state index in [-0.39, 0.29) is 5.54 Å². The lowest BCUT2D eigenvalue weighted by Gasteiger charge is -2.19. The summed E-state index contributed by atoms with van der Waals surface area (Å²) >= 11 is 0. The van der Waals surface area contributed by atoms with Crippen LogP contribution in [0, 0.1) is 0 Å². The van der Waals surface area contributed by atoms with E-state index in [1.165, 1.54) is 0 Å². The van der Waals surface area contributed by atoms with Gasteiger partial charge < -0.3 is 10.1 Å². The molecule has 1 heterocycles. The number of epoxide rings is 1. The molecule has 0 amide bonds. The van der Waals surface area contributed by atoms with Crippen LogP contribution in [0.1, 0.15) is 20.8 Å². The second-order valence-corrected chi connectivity index (χ2v) is 3.59. The van der Waals surface area contributed by atoms with Crippen molar-refractivity contribution in [3.8, 4) is 0 Å². The zero-order chi connectivity index (χ0) is 6.91. The fourth-order valence-electron chi connectivity index (χ4n) is 0.606. The lowest BCUT2D eigenvalue weighted by molar-refractivity contribution is 0.355. The van der Waals surface area contributed by atoms with Crippen molar-refractivity contribution in [2.75, 3.05) is 13.2 Å². The van der Waals surface area contributed by atoms with Gasteiger partial charge in [0.15, 0.2) is 0 Å². The smallest absolute Gasteiger partial charge is 0.0934 e. The van der Waals surface area contributed by atoms with Crippen molar-refractivity contribution in [3.05, 3.63) is 0 Å². The second-order valence-electron chi connectivity index (χ2n) is 3.59. The monoisotopic (exact) mass is 129 g/mol. The van der Waals surface area contributed by atoms with Crippen LogP contribution in [0.5, 0.6) is 0 Å². The maximum absolute atomic E-state index is 5.04. The molecule has 2 nitrogen and oxygen atoms in total. The molecule has 2 heteroatoms. The molecule has 1 rings (SSSR count). The highest BCUT2D eigenvalue weighted by Gasteiger charge is 2.23. The molecule has 0 radical (unpaired) electrons. The van der Waals surface area contributed by atoms with E-state index in [1.807, 2.05) is 0 Å².